The molecule has 0 aromatic rings. The molecule has 0 spiro atoms. The molecule has 1 aliphatic rings. The Morgan fingerprint density at radius 3 is 2.68 bits per heavy atom. The van der Waals surface area contributed by atoms with E-state index in [1.807, 2.05) is 11.8 Å². The first-order valence-electron chi connectivity index (χ1n) is 7.58. The Hall–Kier alpha value is -0.610. The zero-order valence-electron chi connectivity index (χ0n) is 12.8. The molecule has 0 saturated carbocycles. The Kier molecular flexibility index (Phi) is 6.80. The molecular weight excluding hydrogens is 240 g/mol. The van der Waals surface area contributed by atoms with Crippen LogP contribution in [0, 0.1) is 5.41 Å². The Morgan fingerprint density at radius 2 is 2.16 bits per heavy atom. The van der Waals surface area contributed by atoms with Crippen molar-refractivity contribution in [1.82, 2.24) is 4.90 Å². The van der Waals surface area contributed by atoms with Gasteiger partial charge in [0.1, 0.15) is 0 Å². The van der Waals surface area contributed by atoms with Crippen LogP contribution in [0.4, 0.5) is 0 Å². The zero-order valence-corrected chi connectivity index (χ0v) is 12.8. The SMILES string of the molecule is CCN(CC(C)(C)CN)C(=O)CCC1CCCCO1. The van der Waals surface area contributed by atoms with E-state index in [1.165, 1.54) is 6.42 Å². The molecule has 2 N–H and O–H groups in total. The summed E-state index contributed by atoms with van der Waals surface area (Å²) in [6.45, 7) is 9.19. The number of rotatable bonds is 7. The van der Waals surface area contributed by atoms with Crippen LogP contribution in [0.25, 0.3) is 0 Å². The molecule has 1 rings (SSSR count). The van der Waals surface area contributed by atoms with Crippen molar-refractivity contribution in [2.24, 2.45) is 11.1 Å². The van der Waals surface area contributed by atoms with E-state index in [9.17, 15) is 4.79 Å². The smallest absolute Gasteiger partial charge is 0.222 e. The third-order valence-electron chi connectivity index (χ3n) is 3.86. The van der Waals surface area contributed by atoms with Crippen LogP contribution in [-0.2, 0) is 9.53 Å². The molecule has 1 aliphatic heterocycles. The first kappa shape index (κ1) is 16.4. The van der Waals surface area contributed by atoms with Gasteiger partial charge in [0.25, 0.3) is 0 Å². The van der Waals surface area contributed by atoms with Crippen molar-refractivity contribution in [2.45, 2.75) is 59.0 Å². The van der Waals surface area contributed by atoms with Gasteiger partial charge in [0.15, 0.2) is 0 Å². The number of amides is 1. The van der Waals surface area contributed by atoms with E-state index in [0.29, 0.717) is 19.1 Å². The molecule has 112 valence electrons. The summed E-state index contributed by atoms with van der Waals surface area (Å²) >= 11 is 0. The quantitative estimate of drug-likeness (QED) is 0.771. The van der Waals surface area contributed by atoms with Gasteiger partial charge in [-0.25, -0.2) is 0 Å². The molecule has 0 aliphatic carbocycles. The lowest BCUT2D eigenvalue weighted by molar-refractivity contribution is -0.133. The maximum Gasteiger partial charge on any atom is 0.222 e. The van der Waals surface area contributed by atoms with Crippen LogP contribution in [0.5, 0.6) is 0 Å². The summed E-state index contributed by atoms with van der Waals surface area (Å²) in [5.74, 6) is 0.234. The third-order valence-corrected chi connectivity index (χ3v) is 3.86. The number of carbonyl (C=O) groups excluding carboxylic acids is 1. The Morgan fingerprint density at radius 1 is 1.42 bits per heavy atom. The van der Waals surface area contributed by atoms with E-state index in [1.54, 1.807) is 0 Å². The maximum absolute atomic E-state index is 12.2. The molecule has 0 aromatic heterocycles. The number of hydrogen-bond acceptors (Lipinski definition) is 3. The van der Waals surface area contributed by atoms with E-state index >= 15 is 0 Å². The molecule has 0 bridgehead atoms. The largest absolute Gasteiger partial charge is 0.378 e. The van der Waals surface area contributed by atoms with E-state index in [0.717, 1.165) is 39.0 Å². The monoisotopic (exact) mass is 270 g/mol. The number of hydrogen-bond donors (Lipinski definition) is 1. The lowest BCUT2D eigenvalue weighted by Crippen LogP contribution is -2.42. The van der Waals surface area contributed by atoms with Crippen LogP contribution in [0.3, 0.4) is 0 Å². The molecule has 1 heterocycles. The van der Waals surface area contributed by atoms with Gasteiger partial charge < -0.3 is 15.4 Å². The fourth-order valence-corrected chi connectivity index (χ4v) is 2.44. The number of nitrogens with two attached hydrogens (primary N) is 1. The van der Waals surface area contributed by atoms with E-state index < -0.39 is 0 Å². The summed E-state index contributed by atoms with van der Waals surface area (Å²) < 4.78 is 5.67. The zero-order chi connectivity index (χ0) is 14.3. The molecule has 4 heteroatoms. The second-order valence-electron chi connectivity index (χ2n) is 6.30. The lowest BCUT2D eigenvalue weighted by Gasteiger charge is -2.31. The average Bonchev–Trinajstić information content (AvgIpc) is 2.43. The fourth-order valence-electron chi connectivity index (χ4n) is 2.44. The van der Waals surface area contributed by atoms with Gasteiger partial charge >= 0.3 is 0 Å². The van der Waals surface area contributed by atoms with Crippen LogP contribution in [-0.4, -0.2) is 43.2 Å². The summed E-state index contributed by atoms with van der Waals surface area (Å²) in [5, 5.41) is 0. The van der Waals surface area contributed by atoms with Crippen molar-refractivity contribution in [1.29, 1.82) is 0 Å². The molecule has 19 heavy (non-hydrogen) atoms. The Balaban J connectivity index is 2.36. The van der Waals surface area contributed by atoms with Crippen LogP contribution >= 0.6 is 0 Å². The molecule has 1 fully saturated rings. The highest BCUT2D eigenvalue weighted by Gasteiger charge is 2.23. The first-order valence-corrected chi connectivity index (χ1v) is 7.58. The first-order chi connectivity index (χ1) is 8.98. The van der Waals surface area contributed by atoms with E-state index in [-0.39, 0.29) is 11.3 Å². The molecule has 1 atom stereocenters. The van der Waals surface area contributed by atoms with Gasteiger partial charge in [0.2, 0.25) is 5.91 Å². The minimum atomic E-state index is -0.00694. The lowest BCUT2D eigenvalue weighted by atomic mass is 9.93. The van der Waals surface area contributed by atoms with Crippen molar-refractivity contribution >= 4 is 5.91 Å². The third kappa shape index (κ3) is 5.91. The Bertz CT molecular complexity index is 273. The van der Waals surface area contributed by atoms with Gasteiger partial charge in [-0.3, -0.25) is 4.79 Å². The number of nitrogens with zero attached hydrogens (tertiary/aromatic N) is 1. The predicted molar refractivity (Wildman–Crippen MR) is 77.9 cm³/mol. The van der Waals surface area contributed by atoms with E-state index in [4.69, 9.17) is 10.5 Å². The Labute approximate surface area is 117 Å². The van der Waals surface area contributed by atoms with Gasteiger partial charge in [0, 0.05) is 26.1 Å². The minimum absolute atomic E-state index is 0.00694. The molecule has 1 saturated heterocycles. The van der Waals surface area contributed by atoms with Crippen molar-refractivity contribution < 1.29 is 9.53 Å². The summed E-state index contributed by atoms with van der Waals surface area (Å²) in [5.41, 5.74) is 5.74. The summed E-state index contributed by atoms with van der Waals surface area (Å²) in [7, 11) is 0. The van der Waals surface area contributed by atoms with Crippen LogP contribution in [0.1, 0.15) is 52.9 Å². The highest BCUT2D eigenvalue weighted by atomic mass is 16.5. The average molecular weight is 270 g/mol. The van der Waals surface area contributed by atoms with Crippen LogP contribution in [0.2, 0.25) is 0 Å². The molecule has 1 amide bonds. The summed E-state index contributed by atoms with van der Waals surface area (Å²) in [4.78, 5) is 14.2. The van der Waals surface area contributed by atoms with Crippen molar-refractivity contribution in [3.8, 4) is 0 Å². The number of carbonyl (C=O) groups is 1. The van der Waals surface area contributed by atoms with Gasteiger partial charge in [-0.05, 0) is 44.6 Å². The minimum Gasteiger partial charge on any atom is -0.378 e. The molecule has 0 aromatic carbocycles. The van der Waals surface area contributed by atoms with Gasteiger partial charge in [-0.1, -0.05) is 13.8 Å². The number of ether oxygens (including phenoxy) is 1. The molecule has 1 unspecified atom stereocenters. The second kappa shape index (κ2) is 7.85. The standard InChI is InChI=1S/C15H30N2O2/c1-4-17(12-15(2,3)11-16)14(18)9-8-13-7-5-6-10-19-13/h13H,4-12,16H2,1-3H3. The van der Waals surface area contributed by atoms with Gasteiger partial charge in [-0.15, -0.1) is 0 Å². The van der Waals surface area contributed by atoms with Gasteiger partial charge in [0.05, 0.1) is 6.10 Å². The molecule has 0 radical (unpaired) electrons. The van der Waals surface area contributed by atoms with Crippen molar-refractivity contribution in [2.75, 3.05) is 26.2 Å². The highest BCUT2D eigenvalue weighted by Crippen LogP contribution is 2.19. The highest BCUT2D eigenvalue weighted by molar-refractivity contribution is 5.76. The van der Waals surface area contributed by atoms with Crippen molar-refractivity contribution in [3.05, 3.63) is 0 Å². The second-order valence-corrected chi connectivity index (χ2v) is 6.30. The maximum atomic E-state index is 12.2. The molecule has 4 nitrogen and oxygen atoms in total. The van der Waals surface area contributed by atoms with E-state index in [2.05, 4.69) is 13.8 Å². The summed E-state index contributed by atoms with van der Waals surface area (Å²) in [6, 6.07) is 0. The van der Waals surface area contributed by atoms with Crippen LogP contribution < -0.4 is 5.73 Å². The van der Waals surface area contributed by atoms with Crippen LogP contribution in [0.15, 0.2) is 0 Å². The van der Waals surface area contributed by atoms with Gasteiger partial charge in [-0.2, -0.15) is 0 Å². The predicted octanol–water partition coefficient (Wildman–Crippen LogP) is 2.17. The topological polar surface area (TPSA) is 55.6 Å². The molecular formula is C15H30N2O2. The van der Waals surface area contributed by atoms with Crippen molar-refractivity contribution in [3.63, 3.8) is 0 Å². The summed E-state index contributed by atoms with van der Waals surface area (Å²) in [6.07, 6.45) is 5.25. The normalized spacial score (nSPS) is 20.3. The fraction of sp³-hybridized carbons (Fsp3) is 0.933.